The number of nitrogen functional groups attached to an aromatic ring is 1. The van der Waals surface area contributed by atoms with Gasteiger partial charge in [0.2, 0.25) is 0 Å². The molecule has 2 aliphatic heterocycles. The van der Waals surface area contributed by atoms with Crippen molar-refractivity contribution in [3.8, 4) is 0 Å². The van der Waals surface area contributed by atoms with E-state index in [1.165, 1.54) is 37.2 Å². The number of likely N-dealkylation sites (N-methyl/N-ethyl adjacent to an activating group) is 1. The fourth-order valence-electron chi connectivity index (χ4n) is 3.48. The number of piperazine rings is 1. The summed E-state index contributed by atoms with van der Waals surface area (Å²) in [6.07, 6.45) is 2.66. The van der Waals surface area contributed by atoms with Gasteiger partial charge in [-0.15, -0.1) is 0 Å². The van der Waals surface area contributed by atoms with Crippen molar-refractivity contribution in [1.29, 1.82) is 0 Å². The number of nitrogens with zero attached hydrogens (tertiary/aromatic N) is 2. The minimum absolute atomic E-state index is 0.695. The Hall–Kier alpha value is -1.22. The Morgan fingerprint density at radius 1 is 1.18 bits per heavy atom. The van der Waals surface area contributed by atoms with Gasteiger partial charge in [0.05, 0.1) is 0 Å². The number of fused-ring (bicyclic) bond motifs is 2. The molecule has 2 bridgehead atoms. The van der Waals surface area contributed by atoms with Crippen molar-refractivity contribution in [2.75, 3.05) is 30.8 Å². The number of benzene rings is 1. The van der Waals surface area contributed by atoms with Gasteiger partial charge in [0.15, 0.2) is 0 Å². The zero-order valence-electron chi connectivity index (χ0n) is 10.7. The third kappa shape index (κ3) is 1.78. The van der Waals surface area contributed by atoms with Crippen LogP contribution in [0.25, 0.3) is 0 Å². The summed E-state index contributed by atoms with van der Waals surface area (Å²) in [7, 11) is 2.23. The van der Waals surface area contributed by atoms with Gasteiger partial charge in [-0.3, -0.25) is 0 Å². The van der Waals surface area contributed by atoms with Gasteiger partial charge in [-0.2, -0.15) is 0 Å². The molecule has 0 spiro atoms. The quantitative estimate of drug-likeness (QED) is 0.749. The second-order valence-corrected chi connectivity index (χ2v) is 5.56. The maximum absolute atomic E-state index is 5.84. The van der Waals surface area contributed by atoms with Gasteiger partial charge in [-0.25, -0.2) is 0 Å². The molecule has 1 aromatic carbocycles. The number of nitrogens with two attached hydrogens (primary N) is 1. The Bertz CT molecular complexity index is 415. The molecule has 2 saturated heterocycles. The molecule has 3 nitrogen and oxygen atoms in total. The van der Waals surface area contributed by atoms with Crippen molar-refractivity contribution < 1.29 is 0 Å². The summed E-state index contributed by atoms with van der Waals surface area (Å²) in [4.78, 5) is 5.10. The molecule has 92 valence electrons. The fraction of sp³-hybridized carbons (Fsp3) is 0.571. The number of aryl methyl sites for hydroxylation is 1. The molecule has 2 aliphatic rings. The molecule has 0 saturated carbocycles. The van der Waals surface area contributed by atoms with Gasteiger partial charge in [0.1, 0.15) is 0 Å². The molecule has 2 fully saturated rings. The van der Waals surface area contributed by atoms with Gasteiger partial charge in [-0.1, -0.05) is 0 Å². The number of likely N-dealkylation sites (tertiary alicyclic amines) is 1. The molecular formula is C14H21N3. The number of hydrogen-bond acceptors (Lipinski definition) is 3. The van der Waals surface area contributed by atoms with E-state index >= 15 is 0 Å². The summed E-state index contributed by atoms with van der Waals surface area (Å²) in [5, 5.41) is 0. The van der Waals surface area contributed by atoms with Crippen LogP contribution in [-0.4, -0.2) is 37.1 Å². The summed E-state index contributed by atoms with van der Waals surface area (Å²) >= 11 is 0. The first-order valence-electron chi connectivity index (χ1n) is 6.48. The lowest BCUT2D eigenvalue weighted by Gasteiger charge is -2.41. The van der Waals surface area contributed by atoms with E-state index in [1.807, 2.05) is 6.07 Å². The first-order valence-corrected chi connectivity index (χ1v) is 6.48. The second kappa shape index (κ2) is 3.91. The van der Waals surface area contributed by atoms with Crippen LogP contribution in [0, 0.1) is 6.92 Å². The summed E-state index contributed by atoms with van der Waals surface area (Å²) in [6, 6.07) is 7.70. The molecule has 3 rings (SSSR count). The third-order valence-corrected chi connectivity index (χ3v) is 4.16. The van der Waals surface area contributed by atoms with E-state index in [2.05, 4.69) is 35.9 Å². The van der Waals surface area contributed by atoms with Crippen LogP contribution >= 0.6 is 0 Å². The lowest BCUT2D eigenvalue weighted by molar-refractivity contribution is 0.264. The first-order chi connectivity index (χ1) is 8.15. The van der Waals surface area contributed by atoms with Crippen molar-refractivity contribution in [1.82, 2.24) is 4.90 Å². The molecule has 0 radical (unpaired) electrons. The van der Waals surface area contributed by atoms with E-state index in [0.29, 0.717) is 12.1 Å². The average Bonchev–Trinajstić information content (AvgIpc) is 2.53. The van der Waals surface area contributed by atoms with Crippen molar-refractivity contribution in [3.63, 3.8) is 0 Å². The topological polar surface area (TPSA) is 32.5 Å². The molecule has 2 unspecified atom stereocenters. The summed E-state index contributed by atoms with van der Waals surface area (Å²) in [5.41, 5.74) is 9.41. The minimum Gasteiger partial charge on any atom is -0.399 e. The van der Waals surface area contributed by atoms with Crippen LogP contribution in [0.5, 0.6) is 0 Å². The smallest absolute Gasteiger partial charge is 0.0421 e. The van der Waals surface area contributed by atoms with Gasteiger partial charge in [0, 0.05) is 36.5 Å². The first kappa shape index (κ1) is 10.9. The van der Waals surface area contributed by atoms with E-state index in [4.69, 9.17) is 5.73 Å². The van der Waals surface area contributed by atoms with E-state index < -0.39 is 0 Å². The van der Waals surface area contributed by atoms with Gasteiger partial charge < -0.3 is 15.5 Å². The largest absolute Gasteiger partial charge is 0.399 e. The molecular weight excluding hydrogens is 210 g/mol. The summed E-state index contributed by atoms with van der Waals surface area (Å²) in [5.74, 6) is 0. The molecule has 2 heterocycles. The standard InChI is InChI=1S/C14H21N3/c1-10-7-11(15)3-6-14(10)17-12-4-5-13(17)9-16(2)8-12/h3,6-7,12-13H,4-5,8-9,15H2,1-2H3. The molecule has 2 N–H and O–H groups in total. The highest BCUT2D eigenvalue weighted by Gasteiger charge is 2.39. The zero-order chi connectivity index (χ0) is 12.0. The van der Waals surface area contributed by atoms with Crippen LogP contribution in [-0.2, 0) is 0 Å². The number of anilines is 2. The molecule has 17 heavy (non-hydrogen) atoms. The Labute approximate surface area is 103 Å². The Morgan fingerprint density at radius 3 is 2.41 bits per heavy atom. The average molecular weight is 231 g/mol. The highest BCUT2D eigenvalue weighted by Crippen LogP contribution is 2.36. The van der Waals surface area contributed by atoms with E-state index in [-0.39, 0.29) is 0 Å². The summed E-state index contributed by atoms with van der Waals surface area (Å²) in [6.45, 7) is 4.56. The van der Waals surface area contributed by atoms with Crippen molar-refractivity contribution in [2.45, 2.75) is 31.8 Å². The lowest BCUT2D eigenvalue weighted by atomic mass is 10.1. The molecule has 3 heteroatoms. The predicted octanol–water partition coefficient (Wildman–Crippen LogP) is 1.86. The van der Waals surface area contributed by atoms with Crippen molar-refractivity contribution >= 4 is 11.4 Å². The zero-order valence-corrected chi connectivity index (χ0v) is 10.7. The SMILES string of the molecule is Cc1cc(N)ccc1N1C2CCC1CN(C)C2. The van der Waals surface area contributed by atoms with Crippen LogP contribution in [0.4, 0.5) is 11.4 Å². The van der Waals surface area contributed by atoms with Crippen LogP contribution in [0.2, 0.25) is 0 Å². The Morgan fingerprint density at radius 2 is 1.82 bits per heavy atom. The maximum Gasteiger partial charge on any atom is 0.0421 e. The fourth-order valence-corrected chi connectivity index (χ4v) is 3.48. The van der Waals surface area contributed by atoms with E-state index in [9.17, 15) is 0 Å². The number of hydrogen-bond donors (Lipinski definition) is 1. The van der Waals surface area contributed by atoms with E-state index in [1.54, 1.807) is 0 Å². The predicted molar refractivity (Wildman–Crippen MR) is 72.4 cm³/mol. The van der Waals surface area contributed by atoms with Gasteiger partial charge >= 0.3 is 0 Å². The molecule has 0 amide bonds. The van der Waals surface area contributed by atoms with Gasteiger partial charge in [0.25, 0.3) is 0 Å². The molecule has 0 aromatic heterocycles. The minimum atomic E-state index is 0.695. The monoisotopic (exact) mass is 231 g/mol. The third-order valence-electron chi connectivity index (χ3n) is 4.16. The van der Waals surface area contributed by atoms with Crippen LogP contribution in [0.1, 0.15) is 18.4 Å². The normalized spacial score (nSPS) is 28.7. The van der Waals surface area contributed by atoms with Crippen LogP contribution in [0.15, 0.2) is 18.2 Å². The molecule has 2 atom stereocenters. The van der Waals surface area contributed by atoms with Crippen molar-refractivity contribution in [2.24, 2.45) is 0 Å². The molecule has 0 aliphatic carbocycles. The Balaban J connectivity index is 1.94. The van der Waals surface area contributed by atoms with Crippen LogP contribution < -0.4 is 10.6 Å². The maximum atomic E-state index is 5.84. The highest BCUT2D eigenvalue weighted by atomic mass is 15.3. The van der Waals surface area contributed by atoms with Crippen molar-refractivity contribution in [3.05, 3.63) is 23.8 Å². The van der Waals surface area contributed by atoms with Gasteiger partial charge in [-0.05, 0) is 50.6 Å². The van der Waals surface area contributed by atoms with Crippen LogP contribution in [0.3, 0.4) is 0 Å². The second-order valence-electron chi connectivity index (χ2n) is 5.56. The highest BCUT2D eigenvalue weighted by molar-refractivity contribution is 5.61. The Kier molecular flexibility index (Phi) is 2.51. The van der Waals surface area contributed by atoms with E-state index in [0.717, 1.165) is 5.69 Å². The molecule has 1 aromatic rings. The number of rotatable bonds is 1. The lowest BCUT2D eigenvalue weighted by Crippen LogP contribution is -2.52. The summed E-state index contributed by atoms with van der Waals surface area (Å²) < 4.78 is 0.